The summed E-state index contributed by atoms with van der Waals surface area (Å²) in [6.07, 6.45) is 0.956. The molecule has 0 amide bonds. The number of thiophene rings is 1. The van der Waals surface area contributed by atoms with E-state index in [9.17, 15) is 8.42 Å². The van der Waals surface area contributed by atoms with Crippen LogP contribution in [-0.2, 0) is 10.0 Å². The molecule has 1 aromatic heterocycles. The van der Waals surface area contributed by atoms with E-state index < -0.39 is 10.0 Å². The van der Waals surface area contributed by atoms with Crippen LogP contribution in [0.25, 0.3) is 0 Å². The highest BCUT2D eigenvalue weighted by Crippen LogP contribution is 2.24. The molecule has 1 fully saturated rings. The normalized spacial score (nSPS) is 21.2. The maximum Gasteiger partial charge on any atom is 0.235 e. The minimum atomic E-state index is -3.16. The predicted octanol–water partition coefficient (Wildman–Crippen LogP) is 1.12. The zero-order chi connectivity index (χ0) is 11.6. The molecule has 1 aliphatic heterocycles. The molecule has 90 valence electrons. The fourth-order valence-electron chi connectivity index (χ4n) is 1.85. The monoisotopic (exact) mass is 260 g/mol. The summed E-state index contributed by atoms with van der Waals surface area (Å²) in [4.78, 5) is 0. The fraction of sp³-hybridized carbons (Fsp3) is 0.600. The van der Waals surface area contributed by atoms with E-state index in [0.29, 0.717) is 0 Å². The van der Waals surface area contributed by atoms with Crippen LogP contribution in [0.3, 0.4) is 0 Å². The van der Waals surface area contributed by atoms with Crippen LogP contribution in [0.4, 0.5) is 5.00 Å². The van der Waals surface area contributed by atoms with Crippen molar-refractivity contribution in [2.75, 3.05) is 30.2 Å². The van der Waals surface area contributed by atoms with Gasteiger partial charge in [0.2, 0.25) is 10.0 Å². The number of nitrogens with zero attached hydrogens (tertiary/aromatic N) is 1. The standard InChI is InChI=1S/C10H16N2O2S2/c1-12(10-3-2-6-15-10)16(13,14)8-9-4-5-11-7-9/h2-3,6,9,11H,4-5,7-8H2,1H3. The molecule has 1 aliphatic rings. The molecule has 0 saturated carbocycles. The molecule has 0 aliphatic carbocycles. The number of rotatable bonds is 4. The smallest absolute Gasteiger partial charge is 0.235 e. The number of hydrogen-bond acceptors (Lipinski definition) is 4. The van der Waals surface area contributed by atoms with Gasteiger partial charge in [0, 0.05) is 7.05 Å². The third-order valence-electron chi connectivity index (χ3n) is 2.84. The molecule has 1 unspecified atom stereocenters. The summed E-state index contributed by atoms with van der Waals surface area (Å²) in [5.41, 5.74) is 0. The summed E-state index contributed by atoms with van der Waals surface area (Å²) < 4.78 is 25.6. The first kappa shape index (κ1) is 11.9. The van der Waals surface area contributed by atoms with Gasteiger partial charge in [-0.25, -0.2) is 8.42 Å². The lowest BCUT2D eigenvalue weighted by molar-refractivity contribution is 0.569. The minimum Gasteiger partial charge on any atom is -0.316 e. The van der Waals surface area contributed by atoms with Gasteiger partial charge in [0.25, 0.3) is 0 Å². The number of anilines is 1. The highest BCUT2D eigenvalue weighted by Gasteiger charge is 2.26. The summed E-state index contributed by atoms with van der Waals surface area (Å²) in [5.74, 6) is 0.501. The number of hydrogen-bond donors (Lipinski definition) is 1. The molecule has 0 radical (unpaired) electrons. The SMILES string of the molecule is CN(c1cccs1)S(=O)(=O)CC1CCNC1. The summed E-state index contributed by atoms with van der Waals surface area (Å²) in [6, 6.07) is 3.69. The van der Waals surface area contributed by atoms with Gasteiger partial charge in [-0.05, 0) is 42.9 Å². The van der Waals surface area contributed by atoms with Gasteiger partial charge >= 0.3 is 0 Å². The fourth-order valence-corrected chi connectivity index (χ4v) is 4.36. The number of sulfonamides is 1. The molecule has 2 rings (SSSR count). The third-order valence-corrected chi connectivity index (χ3v) is 5.83. The van der Waals surface area contributed by atoms with Gasteiger partial charge in [0.1, 0.15) is 5.00 Å². The van der Waals surface area contributed by atoms with E-state index in [0.717, 1.165) is 24.5 Å². The molecular formula is C10H16N2O2S2. The summed E-state index contributed by atoms with van der Waals surface area (Å²) in [7, 11) is -1.53. The van der Waals surface area contributed by atoms with Crippen molar-refractivity contribution >= 4 is 26.4 Å². The van der Waals surface area contributed by atoms with Crippen molar-refractivity contribution in [2.24, 2.45) is 5.92 Å². The van der Waals surface area contributed by atoms with Crippen LogP contribution in [0.5, 0.6) is 0 Å². The van der Waals surface area contributed by atoms with E-state index in [4.69, 9.17) is 0 Å². The highest BCUT2D eigenvalue weighted by atomic mass is 32.2. The first-order valence-electron chi connectivity index (χ1n) is 5.30. The van der Waals surface area contributed by atoms with Crippen LogP contribution >= 0.6 is 11.3 Å². The summed E-state index contributed by atoms with van der Waals surface area (Å²) in [6.45, 7) is 1.75. The van der Waals surface area contributed by atoms with Crippen molar-refractivity contribution in [3.8, 4) is 0 Å². The van der Waals surface area contributed by atoms with Gasteiger partial charge in [-0.2, -0.15) is 0 Å². The lowest BCUT2D eigenvalue weighted by atomic mass is 10.2. The van der Waals surface area contributed by atoms with Crippen LogP contribution in [0.1, 0.15) is 6.42 Å². The van der Waals surface area contributed by atoms with Gasteiger partial charge in [-0.3, -0.25) is 4.31 Å². The Morgan fingerprint density at radius 2 is 2.44 bits per heavy atom. The zero-order valence-corrected chi connectivity index (χ0v) is 10.9. The van der Waals surface area contributed by atoms with Gasteiger partial charge in [-0.15, -0.1) is 11.3 Å². The molecule has 16 heavy (non-hydrogen) atoms. The lowest BCUT2D eigenvalue weighted by Crippen LogP contribution is -2.32. The molecule has 6 heteroatoms. The van der Waals surface area contributed by atoms with Gasteiger partial charge in [0.15, 0.2) is 0 Å². The van der Waals surface area contributed by atoms with E-state index in [2.05, 4.69) is 5.32 Å². The van der Waals surface area contributed by atoms with Crippen molar-refractivity contribution in [1.29, 1.82) is 0 Å². The quantitative estimate of drug-likeness (QED) is 0.882. The molecule has 1 aromatic rings. The Bertz CT molecular complexity index is 422. The van der Waals surface area contributed by atoms with Crippen molar-refractivity contribution in [3.63, 3.8) is 0 Å². The van der Waals surface area contributed by atoms with Crippen LogP contribution in [-0.4, -0.2) is 34.3 Å². The first-order chi connectivity index (χ1) is 7.59. The average molecular weight is 260 g/mol. The Morgan fingerprint density at radius 1 is 1.62 bits per heavy atom. The van der Waals surface area contributed by atoms with Crippen LogP contribution in [0.2, 0.25) is 0 Å². The molecule has 1 atom stereocenters. The Balaban J connectivity index is 2.06. The topological polar surface area (TPSA) is 49.4 Å². The Kier molecular flexibility index (Phi) is 3.51. The zero-order valence-electron chi connectivity index (χ0n) is 9.22. The van der Waals surface area contributed by atoms with Crippen LogP contribution in [0, 0.1) is 5.92 Å². The minimum absolute atomic E-state index is 0.244. The van der Waals surface area contributed by atoms with Gasteiger partial charge in [0.05, 0.1) is 5.75 Å². The molecule has 0 bridgehead atoms. The highest BCUT2D eigenvalue weighted by molar-refractivity contribution is 7.92. The lowest BCUT2D eigenvalue weighted by Gasteiger charge is -2.19. The maximum absolute atomic E-state index is 12.1. The van der Waals surface area contributed by atoms with E-state index in [1.54, 1.807) is 7.05 Å². The van der Waals surface area contributed by atoms with E-state index in [-0.39, 0.29) is 11.7 Å². The van der Waals surface area contributed by atoms with E-state index >= 15 is 0 Å². The Morgan fingerprint density at radius 3 is 3.00 bits per heavy atom. The molecule has 1 saturated heterocycles. The van der Waals surface area contributed by atoms with Crippen molar-refractivity contribution < 1.29 is 8.42 Å². The Hall–Kier alpha value is -0.590. The second kappa shape index (κ2) is 4.73. The van der Waals surface area contributed by atoms with Crippen molar-refractivity contribution in [2.45, 2.75) is 6.42 Å². The molecule has 0 aromatic carbocycles. The van der Waals surface area contributed by atoms with E-state index in [1.165, 1.54) is 15.6 Å². The second-order valence-electron chi connectivity index (χ2n) is 4.06. The van der Waals surface area contributed by atoms with Gasteiger partial charge in [-0.1, -0.05) is 0 Å². The van der Waals surface area contributed by atoms with Crippen LogP contribution in [0.15, 0.2) is 17.5 Å². The largest absolute Gasteiger partial charge is 0.316 e. The molecule has 4 nitrogen and oxygen atoms in total. The first-order valence-corrected chi connectivity index (χ1v) is 7.79. The average Bonchev–Trinajstić information content (AvgIpc) is 2.86. The Labute approximate surface area is 100 Å². The second-order valence-corrected chi connectivity index (χ2v) is 7.03. The number of nitrogens with one attached hydrogen (secondary N) is 1. The molecular weight excluding hydrogens is 244 g/mol. The molecule has 0 spiro atoms. The molecule has 2 heterocycles. The maximum atomic E-state index is 12.1. The summed E-state index contributed by atoms with van der Waals surface area (Å²) in [5, 5.41) is 5.86. The third kappa shape index (κ3) is 2.56. The van der Waals surface area contributed by atoms with E-state index in [1.807, 2.05) is 17.5 Å². The van der Waals surface area contributed by atoms with Crippen molar-refractivity contribution in [1.82, 2.24) is 5.32 Å². The summed E-state index contributed by atoms with van der Waals surface area (Å²) >= 11 is 1.45. The van der Waals surface area contributed by atoms with Crippen molar-refractivity contribution in [3.05, 3.63) is 17.5 Å². The molecule has 1 N–H and O–H groups in total. The van der Waals surface area contributed by atoms with Crippen LogP contribution < -0.4 is 9.62 Å². The van der Waals surface area contributed by atoms with Gasteiger partial charge < -0.3 is 5.32 Å². The predicted molar refractivity (Wildman–Crippen MR) is 67.5 cm³/mol.